The highest BCUT2D eigenvalue weighted by Gasteiger charge is 2.41. The van der Waals surface area contributed by atoms with Gasteiger partial charge < -0.3 is 24.4 Å². The number of hydrogen-bond donors (Lipinski definition) is 1. The molecule has 3 aliphatic rings. The van der Waals surface area contributed by atoms with Crippen LogP contribution in [0.4, 0.5) is 5.82 Å². The quantitative estimate of drug-likeness (QED) is 0.779. The summed E-state index contributed by atoms with van der Waals surface area (Å²) in [7, 11) is 0. The number of rotatable bonds is 5. The molecule has 1 amide bonds. The molecule has 1 N–H and O–H groups in total. The van der Waals surface area contributed by atoms with E-state index >= 15 is 0 Å². The molecule has 1 aromatic rings. The molecule has 3 saturated heterocycles. The van der Waals surface area contributed by atoms with Gasteiger partial charge in [0.2, 0.25) is 0 Å². The Morgan fingerprint density at radius 3 is 2.56 bits per heavy atom. The molecule has 0 atom stereocenters. The second-order valence-electron chi connectivity index (χ2n) is 7.07. The molecule has 1 aromatic heterocycles. The van der Waals surface area contributed by atoms with Crippen LogP contribution in [-0.4, -0.2) is 97.2 Å². The number of amides is 1. The Balaban J connectivity index is 1.28. The Hall–Kier alpha value is -1.81. The van der Waals surface area contributed by atoms with E-state index in [1.165, 1.54) is 6.33 Å². The van der Waals surface area contributed by atoms with Crippen LogP contribution in [0.3, 0.4) is 0 Å². The van der Waals surface area contributed by atoms with Crippen molar-refractivity contribution in [3.8, 4) is 0 Å². The van der Waals surface area contributed by atoms with Gasteiger partial charge in [-0.1, -0.05) is 0 Å². The number of piperidine rings is 1. The van der Waals surface area contributed by atoms with Gasteiger partial charge >= 0.3 is 0 Å². The molecule has 0 bridgehead atoms. The second kappa shape index (κ2) is 8.47. The lowest BCUT2D eigenvalue weighted by molar-refractivity contribution is -0.181. The van der Waals surface area contributed by atoms with E-state index in [0.717, 1.165) is 39.4 Å². The van der Waals surface area contributed by atoms with Crippen LogP contribution in [0.25, 0.3) is 0 Å². The van der Waals surface area contributed by atoms with Crippen molar-refractivity contribution in [2.75, 3.05) is 71.0 Å². The third-order valence-corrected chi connectivity index (χ3v) is 5.35. The van der Waals surface area contributed by atoms with Crippen LogP contribution in [0, 0.1) is 0 Å². The molecule has 9 nitrogen and oxygen atoms in total. The van der Waals surface area contributed by atoms with Crippen molar-refractivity contribution in [1.29, 1.82) is 0 Å². The van der Waals surface area contributed by atoms with Gasteiger partial charge in [0.25, 0.3) is 5.91 Å². The van der Waals surface area contributed by atoms with Gasteiger partial charge in [0.1, 0.15) is 17.8 Å². The van der Waals surface area contributed by atoms with Crippen molar-refractivity contribution in [2.45, 2.75) is 18.6 Å². The molecule has 148 valence electrons. The summed E-state index contributed by atoms with van der Waals surface area (Å²) in [4.78, 5) is 25.3. The van der Waals surface area contributed by atoms with Crippen molar-refractivity contribution in [3.05, 3.63) is 18.1 Å². The average Bonchev–Trinajstić information content (AvgIpc) is 3.17. The molecular weight excluding hydrogens is 350 g/mol. The minimum Gasteiger partial charge on any atom is -0.379 e. The molecular formula is C18H27N5O4. The first kappa shape index (κ1) is 18.5. The zero-order valence-corrected chi connectivity index (χ0v) is 15.6. The summed E-state index contributed by atoms with van der Waals surface area (Å²) in [6.07, 6.45) is 2.85. The maximum Gasteiger partial charge on any atom is 0.272 e. The van der Waals surface area contributed by atoms with Crippen LogP contribution in [0.5, 0.6) is 0 Å². The third-order valence-electron chi connectivity index (χ3n) is 5.35. The summed E-state index contributed by atoms with van der Waals surface area (Å²) in [5.41, 5.74) is 0.420. The highest BCUT2D eigenvalue weighted by Crippen LogP contribution is 2.31. The van der Waals surface area contributed by atoms with Crippen LogP contribution < -0.4 is 5.32 Å². The Kier molecular flexibility index (Phi) is 5.82. The molecule has 9 heteroatoms. The van der Waals surface area contributed by atoms with Gasteiger partial charge in [-0.05, 0) is 0 Å². The van der Waals surface area contributed by atoms with E-state index in [-0.39, 0.29) is 5.91 Å². The van der Waals surface area contributed by atoms with Gasteiger partial charge in [-0.3, -0.25) is 9.69 Å². The van der Waals surface area contributed by atoms with Crippen molar-refractivity contribution in [2.24, 2.45) is 0 Å². The van der Waals surface area contributed by atoms with Gasteiger partial charge in [0.15, 0.2) is 5.79 Å². The molecule has 1 spiro atoms. The van der Waals surface area contributed by atoms with E-state index in [1.54, 1.807) is 6.07 Å². The van der Waals surface area contributed by atoms with Crippen molar-refractivity contribution in [1.82, 2.24) is 19.8 Å². The fourth-order valence-corrected chi connectivity index (χ4v) is 3.74. The Bertz CT molecular complexity index is 636. The maximum absolute atomic E-state index is 12.8. The lowest BCUT2D eigenvalue weighted by atomic mass is 10.0. The smallest absolute Gasteiger partial charge is 0.272 e. The Morgan fingerprint density at radius 1 is 1.07 bits per heavy atom. The number of carbonyl (C=O) groups excluding carboxylic acids is 1. The number of likely N-dealkylation sites (tertiary alicyclic amines) is 1. The van der Waals surface area contributed by atoms with Crippen molar-refractivity contribution >= 4 is 11.7 Å². The molecule has 0 radical (unpaired) electrons. The number of ether oxygens (including phenoxy) is 3. The highest BCUT2D eigenvalue weighted by molar-refractivity contribution is 5.93. The monoisotopic (exact) mass is 377 g/mol. The number of aromatic nitrogens is 2. The topological polar surface area (TPSA) is 89.1 Å². The second-order valence-corrected chi connectivity index (χ2v) is 7.07. The van der Waals surface area contributed by atoms with Crippen LogP contribution in [0.1, 0.15) is 23.3 Å². The van der Waals surface area contributed by atoms with Gasteiger partial charge in [-0.2, -0.15) is 0 Å². The minimum absolute atomic E-state index is 0.0681. The summed E-state index contributed by atoms with van der Waals surface area (Å²) < 4.78 is 16.8. The van der Waals surface area contributed by atoms with Gasteiger partial charge in [0.05, 0.1) is 26.4 Å². The average molecular weight is 377 g/mol. The summed E-state index contributed by atoms with van der Waals surface area (Å²) in [5, 5.41) is 3.29. The van der Waals surface area contributed by atoms with Crippen LogP contribution in [0.15, 0.2) is 12.4 Å². The number of nitrogens with zero attached hydrogens (tertiary/aromatic N) is 4. The molecule has 0 unspecified atom stereocenters. The van der Waals surface area contributed by atoms with E-state index < -0.39 is 5.79 Å². The van der Waals surface area contributed by atoms with Crippen molar-refractivity contribution in [3.63, 3.8) is 0 Å². The van der Waals surface area contributed by atoms with Gasteiger partial charge in [-0.25, -0.2) is 9.97 Å². The first-order chi connectivity index (χ1) is 13.2. The molecule has 0 aliphatic carbocycles. The standard InChI is InChI=1S/C18H27N5O4/c24-17(23-4-1-18(2-5-23)26-11-12-27-18)15-13-16(21-14-20-15)19-3-6-22-7-9-25-10-8-22/h13-14H,1-12H2,(H,19,20,21). The molecule has 4 heterocycles. The molecule has 0 saturated carbocycles. The summed E-state index contributed by atoms with van der Waals surface area (Å²) in [6.45, 7) is 7.69. The zero-order valence-electron chi connectivity index (χ0n) is 15.6. The molecule has 3 aliphatic heterocycles. The number of morpholine rings is 1. The van der Waals surface area contributed by atoms with Gasteiger partial charge in [0, 0.05) is 58.2 Å². The summed E-state index contributed by atoms with van der Waals surface area (Å²) >= 11 is 0. The maximum atomic E-state index is 12.8. The predicted molar refractivity (Wildman–Crippen MR) is 97.6 cm³/mol. The van der Waals surface area contributed by atoms with E-state index in [9.17, 15) is 4.79 Å². The van der Waals surface area contributed by atoms with Gasteiger partial charge in [-0.15, -0.1) is 0 Å². The molecule has 0 aromatic carbocycles. The fraction of sp³-hybridized carbons (Fsp3) is 0.722. The zero-order chi connectivity index (χ0) is 18.5. The number of carbonyl (C=O) groups is 1. The van der Waals surface area contributed by atoms with Crippen molar-refractivity contribution < 1.29 is 19.0 Å². The largest absolute Gasteiger partial charge is 0.379 e. The van der Waals surface area contributed by atoms with E-state index in [0.29, 0.717) is 50.7 Å². The fourth-order valence-electron chi connectivity index (χ4n) is 3.74. The molecule has 4 rings (SSSR count). The lowest BCUT2D eigenvalue weighted by Gasteiger charge is -2.37. The van der Waals surface area contributed by atoms with Crippen LogP contribution in [-0.2, 0) is 14.2 Å². The number of nitrogens with one attached hydrogen (secondary N) is 1. The van der Waals surface area contributed by atoms with Crippen LogP contribution >= 0.6 is 0 Å². The third kappa shape index (κ3) is 4.55. The predicted octanol–water partition coefficient (Wildman–Crippen LogP) is 0.200. The van der Waals surface area contributed by atoms with E-state index in [1.807, 2.05) is 4.90 Å². The summed E-state index contributed by atoms with van der Waals surface area (Å²) in [6, 6.07) is 1.73. The number of hydrogen-bond acceptors (Lipinski definition) is 8. The first-order valence-electron chi connectivity index (χ1n) is 9.67. The van der Waals surface area contributed by atoms with Crippen LogP contribution in [0.2, 0.25) is 0 Å². The van der Waals surface area contributed by atoms with E-state index in [2.05, 4.69) is 20.2 Å². The normalized spacial score (nSPS) is 22.9. The SMILES string of the molecule is O=C(c1cc(NCCN2CCOCC2)ncn1)N1CCC2(CC1)OCCO2. The molecule has 3 fully saturated rings. The minimum atomic E-state index is -0.478. The summed E-state index contributed by atoms with van der Waals surface area (Å²) in [5.74, 6) is 0.133. The lowest BCUT2D eigenvalue weighted by Crippen LogP contribution is -2.47. The first-order valence-corrected chi connectivity index (χ1v) is 9.67. The number of anilines is 1. The van der Waals surface area contributed by atoms with E-state index in [4.69, 9.17) is 14.2 Å². The molecule has 27 heavy (non-hydrogen) atoms. The highest BCUT2D eigenvalue weighted by atomic mass is 16.7. The Morgan fingerprint density at radius 2 is 1.81 bits per heavy atom. The Labute approximate surface area is 159 Å².